The van der Waals surface area contributed by atoms with E-state index in [1.807, 2.05) is 30.3 Å². The van der Waals surface area contributed by atoms with Crippen molar-refractivity contribution in [2.24, 2.45) is 0 Å². The zero-order valence-corrected chi connectivity index (χ0v) is 12.9. The number of unbranched alkanes of at least 4 members (excludes halogenated alkanes) is 1. The molecular weight excluding hydrogens is 290 g/mol. The number of hydrogen-bond donors (Lipinski definition) is 2. The van der Waals surface area contributed by atoms with Crippen molar-refractivity contribution in [3.63, 3.8) is 0 Å². The summed E-state index contributed by atoms with van der Waals surface area (Å²) in [6.07, 6.45) is 1.40. The normalized spacial score (nSPS) is 11.7. The van der Waals surface area contributed by atoms with Gasteiger partial charge in [0.05, 0.1) is 0 Å². The molecule has 0 saturated carbocycles. The average Bonchev–Trinajstić information content (AvgIpc) is 2.49. The van der Waals surface area contributed by atoms with Gasteiger partial charge in [0.1, 0.15) is 12.6 Å². The fourth-order valence-electron chi connectivity index (χ4n) is 1.53. The molecule has 0 bridgehead atoms. The third-order valence-corrected chi connectivity index (χ3v) is 3.88. The maximum absolute atomic E-state index is 11.6. The van der Waals surface area contributed by atoms with Gasteiger partial charge in [-0.3, -0.25) is 0 Å². The van der Waals surface area contributed by atoms with E-state index in [9.17, 15) is 9.59 Å². The summed E-state index contributed by atoms with van der Waals surface area (Å²) in [7, 11) is 0. The number of ether oxygens (including phenoxy) is 1. The summed E-state index contributed by atoms with van der Waals surface area (Å²) in [4.78, 5) is 22.7. The molecule has 5 nitrogen and oxygen atoms in total. The Balaban J connectivity index is 2.33. The number of thioether (sulfide) groups is 1. The van der Waals surface area contributed by atoms with Gasteiger partial charge in [0.2, 0.25) is 0 Å². The first-order valence-corrected chi connectivity index (χ1v) is 8.06. The van der Waals surface area contributed by atoms with E-state index >= 15 is 0 Å². The molecule has 1 aromatic rings. The van der Waals surface area contributed by atoms with Gasteiger partial charge in [0.15, 0.2) is 0 Å². The smallest absolute Gasteiger partial charge is 0.408 e. The van der Waals surface area contributed by atoms with Crippen LogP contribution in [0.25, 0.3) is 0 Å². The van der Waals surface area contributed by atoms with Crippen LogP contribution in [0, 0.1) is 0 Å². The third-order valence-electron chi connectivity index (χ3n) is 2.73. The number of carbonyl (C=O) groups is 2. The van der Waals surface area contributed by atoms with E-state index in [0.717, 1.165) is 24.2 Å². The van der Waals surface area contributed by atoms with Gasteiger partial charge >= 0.3 is 12.1 Å². The lowest BCUT2D eigenvalue weighted by atomic mass is 10.2. The highest BCUT2D eigenvalue weighted by molar-refractivity contribution is 7.99. The molecule has 0 aromatic heterocycles. The number of carbonyl (C=O) groups excluding carboxylic acids is 1. The van der Waals surface area contributed by atoms with Crippen molar-refractivity contribution in [2.45, 2.75) is 32.4 Å². The van der Waals surface area contributed by atoms with Crippen LogP contribution in [0.15, 0.2) is 30.3 Å². The molecule has 116 valence electrons. The fourth-order valence-corrected chi connectivity index (χ4v) is 2.65. The molecule has 0 radical (unpaired) electrons. The Kier molecular flexibility index (Phi) is 8.35. The summed E-state index contributed by atoms with van der Waals surface area (Å²) in [5.74, 6) is 0.187. The SMILES string of the molecule is CCCCSC[C@@H](NC(=O)OCc1ccccc1)C(=O)O. The molecule has 2 N–H and O–H groups in total. The van der Waals surface area contributed by atoms with Crippen LogP contribution in [-0.2, 0) is 16.1 Å². The zero-order valence-electron chi connectivity index (χ0n) is 12.1. The van der Waals surface area contributed by atoms with Crippen LogP contribution in [0.2, 0.25) is 0 Å². The van der Waals surface area contributed by atoms with Crippen LogP contribution in [0.1, 0.15) is 25.3 Å². The lowest BCUT2D eigenvalue weighted by Gasteiger charge is -2.14. The van der Waals surface area contributed by atoms with E-state index in [-0.39, 0.29) is 6.61 Å². The second kappa shape index (κ2) is 10.1. The number of amides is 1. The highest BCUT2D eigenvalue weighted by Gasteiger charge is 2.20. The van der Waals surface area contributed by atoms with Crippen molar-refractivity contribution in [3.05, 3.63) is 35.9 Å². The zero-order chi connectivity index (χ0) is 15.5. The highest BCUT2D eigenvalue weighted by atomic mass is 32.2. The molecule has 0 aliphatic heterocycles. The van der Waals surface area contributed by atoms with Crippen molar-refractivity contribution in [1.82, 2.24) is 5.32 Å². The first-order valence-electron chi connectivity index (χ1n) is 6.91. The van der Waals surface area contributed by atoms with E-state index in [2.05, 4.69) is 12.2 Å². The molecule has 6 heteroatoms. The van der Waals surface area contributed by atoms with Crippen molar-refractivity contribution < 1.29 is 19.4 Å². The maximum atomic E-state index is 11.6. The minimum Gasteiger partial charge on any atom is -0.480 e. The molecular formula is C15H21NO4S. The molecule has 0 saturated heterocycles. The summed E-state index contributed by atoms with van der Waals surface area (Å²) in [5, 5.41) is 11.5. The molecule has 1 atom stereocenters. The number of hydrogen-bond acceptors (Lipinski definition) is 4. The van der Waals surface area contributed by atoms with E-state index in [1.54, 1.807) is 0 Å². The van der Waals surface area contributed by atoms with Gasteiger partial charge in [-0.15, -0.1) is 0 Å². The monoisotopic (exact) mass is 311 g/mol. The summed E-state index contributed by atoms with van der Waals surface area (Å²) in [6, 6.07) is 8.32. The lowest BCUT2D eigenvalue weighted by molar-refractivity contribution is -0.138. The summed E-state index contributed by atoms with van der Waals surface area (Å²) < 4.78 is 5.01. The Morgan fingerprint density at radius 2 is 2.05 bits per heavy atom. The average molecular weight is 311 g/mol. The summed E-state index contributed by atoms with van der Waals surface area (Å²) in [6.45, 7) is 2.20. The van der Waals surface area contributed by atoms with Crippen LogP contribution < -0.4 is 5.32 Å². The van der Waals surface area contributed by atoms with Crippen LogP contribution in [0.5, 0.6) is 0 Å². The first-order chi connectivity index (χ1) is 10.1. The second-order valence-corrected chi connectivity index (χ2v) is 5.68. The van der Waals surface area contributed by atoms with Gasteiger partial charge in [-0.25, -0.2) is 9.59 Å². The molecule has 0 heterocycles. The Hall–Kier alpha value is -1.69. The Morgan fingerprint density at radius 1 is 1.33 bits per heavy atom. The molecule has 0 fully saturated rings. The minimum absolute atomic E-state index is 0.127. The largest absolute Gasteiger partial charge is 0.480 e. The number of alkyl carbamates (subject to hydrolysis) is 1. The van der Waals surface area contributed by atoms with E-state index in [0.29, 0.717) is 5.75 Å². The van der Waals surface area contributed by atoms with Crippen LogP contribution in [0.4, 0.5) is 4.79 Å². The van der Waals surface area contributed by atoms with Crippen molar-refractivity contribution in [1.29, 1.82) is 0 Å². The van der Waals surface area contributed by atoms with Crippen LogP contribution >= 0.6 is 11.8 Å². The topological polar surface area (TPSA) is 75.6 Å². The Morgan fingerprint density at radius 3 is 2.67 bits per heavy atom. The number of carboxylic acids is 1. The molecule has 0 spiro atoms. The van der Waals surface area contributed by atoms with Gasteiger partial charge in [-0.1, -0.05) is 43.7 Å². The molecule has 0 unspecified atom stereocenters. The van der Waals surface area contributed by atoms with Crippen molar-refractivity contribution >= 4 is 23.8 Å². The molecule has 0 aliphatic rings. The predicted molar refractivity (Wildman–Crippen MR) is 83.4 cm³/mol. The maximum Gasteiger partial charge on any atom is 0.408 e. The number of benzene rings is 1. The Bertz CT molecular complexity index is 439. The van der Waals surface area contributed by atoms with Crippen LogP contribution in [-0.4, -0.2) is 34.7 Å². The molecule has 1 rings (SSSR count). The van der Waals surface area contributed by atoms with Gasteiger partial charge in [-0.2, -0.15) is 11.8 Å². The number of nitrogens with one attached hydrogen (secondary N) is 1. The quantitative estimate of drug-likeness (QED) is 0.686. The molecule has 21 heavy (non-hydrogen) atoms. The molecule has 1 amide bonds. The van der Waals surface area contributed by atoms with Crippen molar-refractivity contribution in [3.8, 4) is 0 Å². The van der Waals surface area contributed by atoms with Gasteiger partial charge in [0, 0.05) is 5.75 Å². The standard InChI is InChI=1S/C15H21NO4S/c1-2-3-9-21-11-13(14(17)18)16-15(19)20-10-12-7-5-4-6-8-12/h4-8,13H,2-3,9-11H2,1H3,(H,16,19)(H,17,18)/t13-/m1/s1. The van der Waals surface area contributed by atoms with E-state index < -0.39 is 18.1 Å². The number of carboxylic acid groups (broad SMARTS) is 1. The van der Waals surface area contributed by atoms with E-state index in [4.69, 9.17) is 9.84 Å². The predicted octanol–water partition coefficient (Wildman–Crippen LogP) is 2.90. The number of rotatable bonds is 9. The van der Waals surface area contributed by atoms with Gasteiger partial charge < -0.3 is 15.2 Å². The van der Waals surface area contributed by atoms with E-state index in [1.165, 1.54) is 11.8 Å². The van der Waals surface area contributed by atoms with Gasteiger partial charge in [-0.05, 0) is 17.7 Å². The first kappa shape index (κ1) is 17.4. The fraction of sp³-hybridized carbons (Fsp3) is 0.467. The Labute approximate surface area is 129 Å². The van der Waals surface area contributed by atoms with Crippen molar-refractivity contribution in [2.75, 3.05) is 11.5 Å². The second-order valence-electron chi connectivity index (χ2n) is 4.53. The van der Waals surface area contributed by atoms with Gasteiger partial charge in [0.25, 0.3) is 0 Å². The highest BCUT2D eigenvalue weighted by Crippen LogP contribution is 2.07. The molecule has 1 aromatic carbocycles. The number of aliphatic carboxylic acids is 1. The summed E-state index contributed by atoms with van der Waals surface area (Å²) >= 11 is 1.52. The van der Waals surface area contributed by atoms with Crippen LogP contribution in [0.3, 0.4) is 0 Å². The lowest BCUT2D eigenvalue weighted by Crippen LogP contribution is -2.42. The minimum atomic E-state index is -1.05. The summed E-state index contributed by atoms with van der Waals surface area (Å²) in [5.41, 5.74) is 0.858. The molecule has 0 aliphatic carbocycles. The third kappa shape index (κ3) is 7.60.